The van der Waals surface area contributed by atoms with Crippen molar-refractivity contribution >= 4 is 16.9 Å². The monoisotopic (exact) mass is 308 g/mol. The molecule has 0 atom stereocenters. The van der Waals surface area contributed by atoms with Gasteiger partial charge in [-0.25, -0.2) is 14.2 Å². The number of methoxy groups -OCH3 is 1. The molecular weight excluding hydrogens is 292 g/mol. The van der Waals surface area contributed by atoms with Crippen molar-refractivity contribution in [2.24, 2.45) is 0 Å². The molecule has 8 nitrogen and oxygen atoms in total. The van der Waals surface area contributed by atoms with Crippen molar-refractivity contribution in [3.8, 4) is 0 Å². The Balaban J connectivity index is 3.04. The molecule has 0 spiro atoms. The predicted octanol–water partition coefficient (Wildman–Crippen LogP) is -0.128. The van der Waals surface area contributed by atoms with Crippen LogP contribution >= 0.6 is 0 Å². The molecule has 22 heavy (non-hydrogen) atoms. The number of carbonyl (C=O) groups excluding carboxylic acids is 1. The van der Waals surface area contributed by atoms with Gasteiger partial charge < -0.3 is 9.15 Å². The molecular formula is C14H16N2O6. The number of aryl methyl sites for hydroxylation is 1. The second-order valence-corrected chi connectivity index (χ2v) is 4.85. The molecule has 8 heteroatoms. The molecule has 0 fully saturated rings. The second kappa shape index (κ2) is 6.10. The molecule has 0 aromatic carbocycles. The average Bonchev–Trinajstić information content (AvgIpc) is 2.46. The maximum Gasteiger partial charge on any atom is 0.337 e. The number of hydrogen-bond acceptors (Lipinski definition) is 6. The van der Waals surface area contributed by atoms with Crippen molar-refractivity contribution in [2.75, 3.05) is 7.11 Å². The van der Waals surface area contributed by atoms with Gasteiger partial charge in [0.2, 0.25) is 5.71 Å². The number of hydrogen-bond donors (Lipinski definition) is 0. The van der Waals surface area contributed by atoms with E-state index in [0.717, 1.165) is 9.13 Å². The van der Waals surface area contributed by atoms with Gasteiger partial charge in [0.25, 0.3) is 5.56 Å². The fraction of sp³-hybridized carbons (Fsp3) is 0.429. The number of nitrogens with zero attached hydrogens (tertiary/aromatic N) is 2. The molecule has 0 saturated carbocycles. The molecule has 0 aliphatic carbocycles. The zero-order chi connectivity index (χ0) is 16.4. The van der Waals surface area contributed by atoms with Crippen molar-refractivity contribution in [2.45, 2.75) is 33.5 Å². The molecule has 0 radical (unpaired) electrons. The van der Waals surface area contributed by atoms with Crippen LogP contribution in [-0.2, 0) is 29.2 Å². The lowest BCUT2D eigenvalue weighted by Crippen LogP contribution is -2.42. The Bertz CT molecular complexity index is 902. The summed E-state index contributed by atoms with van der Waals surface area (Å²) in [5.41, 5.74) is -1.74. The van der Waals surface area contributed by atoms with E-state index in [0.29, 0.717) is 12.0 Å². The van der Waals surface area contributed by atoms with Gasteiger partial charge in [0, 0.05) is 13.2 Å². The summed E-state index contributed by atoms with van der Waals surface area (Å²) in [6.07, 6.45) is 0.405. The molecule has 2 heterocycles. The van der Waals surface area contributed by atoms with E-state index in [1.54, 1.807) is 6.92 Å². The van der Waals surface area contributed by atoms with Gasteiger partial charge in [-0.1, -0.05) is 6.92 Å². The minimum Gasteiger partial charge on any atom is -0.405 e. The molecule has 0 amide bonds. The Hall–Kier alpha value is -2.48. The number of fused-ring (bicyclic) bond motifs is 1. The highest BCUT2D eigenvalue weighted by Crippen LogP contribution is 2.12. The van der Waals surface area contributed by atoms with Gasteiger partial charge in [-0.3, -0.25) is 14.2 Å². The van der Waals surface area contributed by atoms with Gasteiger partial charge in [-0.2, -0.15) is 0 Å². The molecule has 0 saturated heterocycles. The van der Waals surface area contributed by atoms with Crippen LogP contribution < -0.4 is 16.9 Å². The van der Waals surface area contributed by atoms with Crippen LogP contribution in [0.3, 0.4) is 0 Å². The Kier molecular flexibility index (Phi) is 4.41. The van der Waals surface area contributed by atoms with E-state index in [9.17, 15) is 19.2 Å². The lowest BCUT2D eigenvalue weighted by Gasteiger charge is -2.12. The third-order valence-corrected chi connectivity index (χ3v) is 3.21. The lowest BCUT2D eigenvalue weighted by molar-refractivity contribution is -0.117. The first-order valence-electron chi connectivity index (χ1n) is 6.69. The summed E-state index contributed by atoms with van der Waals surface area (Å²) in [5, 5.41) is 0.111. The van der Waals surface area contributed by atoms with E-state index < -0.39 is 16.9 Å². The topological polar surface area (TPSA) is 101 Å². The number of Topliss-reactive ketones (excluding diaryl/α,β-unsaturated/α-hetero) is 1. The molecule has 2 aromatic heterocycles. The van der Waals surface area contributed by atoms with Crippen molar-refractivity contribution in [1.82, 2.24) is 9.13 Å². The quantitative estimate of drug-likeness (QED) is 0.763. The predicted molar refractivity (Wildman–Crippen MR) is 78.1 cm³/mol. The Morgan fingerprint density at radius 2 is 1.95 bits per heavy atom. The number of ether oxygens (including phenoxy) is 1. The zero-order valence-corrected chi connectivity index (χ0v) is 12.5. The SMILES string of the molecule is CCc1cc(=O)oc2c1c(=O)n(CC(C)=O)c(=O)n2COC. The smallest absolute Gasteiger partial charge is 0.337 e. The molecule has 0 aliphatic heterocycles. The summed E-state index contributed by atoms with van der Waals surface area (Å²) in [6.45, 7) is 2.50. The van der Waals surface area contributed by atoms with Crippen LogP contribution in [-0.4, -0.2) is 22.0 Å². The first-order chi connectivity index (χ1) is 10.4. The number of carbonyl (C=O) groups is 1. The fourth-order valence-corrected chi connectivity index (χ4v) is 2.28. The standard InChI is InChI=1S/C14H16N2O6/c1-4-9-5-10(18)22-13-11(9)12(19)15(6-8(2)17)14(20)16(13)7-21-3/h5H,4,6-7H2,1-3H3. The minimum atomic E-state index is -0.758. The Morgan fingerprint density at radius 1 is 1.27 bits per heavy atom. The van der Waals surface area contributed by atoms with Crippen molar-refractivity contribution < 1.29 is 13.9 Å². The summed E-state index contributed by atoms with van der Waals surface area (Å²) in [7, 11) is 1.36. The van der Waals surface area contributed by atoms with Gasteiger partial charge in [0.15, 0.2) is 0 Å². The minimum absolute atomic E-state index is 0.111. The molecule has 0 unspecified atom stereocenters. The number of ketones is 1. The molecule has 0 N–H and O–H groups in total. The van der Waals surface area contributed by atoms with Crippen LogP contribution in [0.5, 0.6) is 0 Å². The van der Waals surface area contributed by atoms with E-state index in [-0.39, 0.29) is 30.2 Å². The Labute approximate surface area is 124 Å². The van der Waals surface area contributed by atoms with Gasteiger partial charge in [0.1, 0.15) is 17.9 Å². The maximum absolute atomic E-state index is 12.5. The highest BCUT2D eigenvalue weighted by atomic mass is 16.5. The molecule has 2 aromatic rings. The van der Waals surface area contributed by atoms with E-state index in [4.69, 9.17) is 9.15 Å². The van der Waals surface area contributed by atoms with Crippen LogP contribution in [0.1, 0.15) is 19.4 Å². The number of aromatic nitrogens is 2. The summed E-state index contributed by atoms with van der Waals surface area (Å²) < 4.78 is 11.8. The Morgan fingerprint density at radius 3 is 2.50 bits per heavy atom. The van der Waals surface area contributed by atoms with Crippen LogP contribution in [0.15, 0.2) is 24.9 Å². The van der Waals surface area contributed by atoms with Crippen LogP contribution in [0.4, 0.5) is 0 Å². The van der Waals surface area contributed by atoms with Gasteiger partial charge >= 0.3 is 11.3 Å². The first kappa shape index (κ1) is 15.9. The van der Waals surface area contributed by atoms with Crippen molar-refractivity contribution in [3.63, 3.8) is 0 Å². The van der Waals surface area contributed by atoms with E-state index in [2.05, 4.69) is 0 Å². The average molecular weight is 308 g/mol. The summed E-state index contributed by atoms with van der Waals surface area (Å²) in [4.78, 5) is 47.8. The molecule has 0 bridgehead atoms. The number of rotatable bonds is 5. The van der Waals surface area contributed by atoms with Gasteiger partial charge in [0.05, 0.1) is 6.54 Å². The maximum atomic E-state index is 12.5. The second-order valence-electron chi connectivity index (χ2n) is 4.85. The van der Waals surface area contributed by atoms with Gasteiger partial charge in [-0.15, -0.1) is 0 Å². The summed E-state index contributed by atoms with van der Waals surface area (Å²) >= 11 is 0. The third-order valence-electron chi connectivity index (χ3n) is 3.21. The van der Waals surface area contributed by atoms with Crippen LogP contribution in [0.25, 0.3) is 11.1 Å². The van der Waals surface area contributed by atoms with Crippen molar-refractivity contribution in [1.29, 1.82) is 0 Å². The largest absolute Gasteiger partial charge is 0.405 e. The fourth-order valence-electron chi connectivity index (χ4n) is 2.28. The van der Waals surface area contributed by atoms with E-state index in [1.165, 1.54) is 20.1 Å². The summed E-state index contributed by atoms with van der Waals surface area (Å²) in [5.74, 6) is -0.335. The molecule has 2 rings (SSSR count). The highest BCUT2D eigenvalue weighted by molar-refractivity contribution is 5.78. The lowest BCUT2D eigenvalue weighted by atomic mass is 10.1. The molecule has 118 valence electrons. The van der Waals surface area contributed by atoms with E-state index >= 15 is 0 Å². The molecule has 0 aliphatic rings. The zero-order valence-electron chi connectivity index (χ0n) is 12.5. The third kappa shape index (κ3) is 2.64. The van der Waals surface area contributed by atoms with Gasteiger partial charge in [-0.05, 0) is 18.9 Å². The highest BCUT2D eigenvalue weighted by Gasteiger charge is 2.19. The first-order valence-corrected chi connectivity index (χ1v) is 6.69. The van der Waals surface area contributed by atoms with Crippen LogP contribution in [0.2, 0.25) is 0 Å². The van der Waals surface area contributed by atoms with Crippen molar-refractivity contribution in [3.05, 3.63) is 42.9 Å². The van der Waals surface area contributed by atoms with E-state index in [1.807, 2.05) is 0 Å². The summed E-state index contributed by atoms with van der Waals surface area (Å²) in [6, 6.07) is 1.21. The normalized spacial score (nSPS) is 11.0. The van der Waals surface area contributed by atoms with Crippen LogP contribution in [0, 0.1) is 0 Å².